The Balaban J connectivity index is 1.68. The summed E-state index contributed by atoms with van der Waals surface area (Å²) in [5.41, 5.74) is 5.89. The third-order valence-electron chi connectivity index (χ3n) is 6.68. The molecule has 6 nitrogen and oxygen atoms in total. The number of fused-ring (bicyclic) bond motifs is 1. The number of rotatable bonds is 7. The first-order valence-corrected chi connectivity index (χ1v) is 12.0. The number of aryl methyl sites for hydroxylation is 3. The van der Waals surface area contributed by atoms with E-state index in [4.69, 9.17) is 0 Å². The summed E-state index contributed by atoms with van der Waals surface area (Å²) >= 11 is 0. The maximum absolute atomic E-state index is 13.5. The van der Waals surface area contributed by atoms with Crippen LogP contribution in [0.3, 0.4) is 0 Å². The second-order valence-electron chi connectivity index (χ2n) is 9.02. The zero-order chi connectivity index (χ0) is 22.7. The summed E-state index contributed by atoms with van der Waals surface area (Å²) in [6.45, 7) is 9.11. The van der Waals surface area contributed by atoms with Gasteiger partial charge in [-0.15, -0.1) is 0 Å². The summed E-state index contributed by atoms with van der Waals surface area (Å²) in [5, 5.41) is 12.4. The fraction of sp³-hybridized carbons (Fsp3) is 0.500. The maximum atomic E-state index is 13.5. The number of benzene rings is 1. The minimum absolute atomic E-state index is 0.0420. The number of pyridine rings is 1. The zero-order valence-corrected chi connectivity index (χ0v) is 19.7. The van der Waals surface area contributed by atoms with Crippen molar-refractivity contribution in [3.05, 3.63) is 52.8 Å². The van der Waals surface area contributed by atoms with E-state index in [-0.39, 0.29) is 11.9 Å². The average Bonchev–Trinajstić information content (AvgIpc) is 3.22. The van der Waals surface area contributed by atoms with Gasteiger partial charge in [-0.2, -0.15) is 5.10 Å². The van der Waals surface area contributed by atoms with Crippen molar-refractivity contribution in [2.75, 3.05) is 5.32 Å². The molecule has 0 spiro atoms. The molecule has 2 N–H and O–H groups in total. The van der Waals surface area contributed by atoms with Gasteiger partial charge >= 0.3 is 0 Å². The Hall–Kier alpha value is -2.89. The van der Waals surface area contributed by atoms with E-state index in [1.807, 2.05) is 10.9 Å². The van der Waals surface area contributed by atoms with Crippen LogP contribution in [0.15, 0.2) is 30.6 Å². The molecular formula is C26H35N5O. The molecule has 1 aliphatic rings. The normalized spacial score (nSPS) is 15.6. The van der Waals surface area contributed by atoms with Crippen LogP contribution in [-0.2, 0) is 6.54 Å². The van der Waals surface area contributed by atoms with Crippen LogP contribution >= 0.6 is 0 Å². The highest BCUT2D eigenvalue weighted by Gasteiger charge is 2.24. The van der Waals surface area contributed by atoms with Crippen molar-refractivity contribution in [3.63, 3.8) is 0 Å². The number of aromatic nitrogens is 3. The molecule has 1 saturated carbocycles. The number of amides is 1. The lowest BCUT2D eigenvalue weighted by Gasteiger charge is -2.26. The summed E-state index contributed by atoms with van der Waals surface area (Å²) < 4.78 is 1.88. The molecule has 0 radical (unpaired) electrons. The second kappa shape index (κ2) is 9.72. The average molecular weight is 434 g/mol. The highest BCUT2D eigenvalue weighted by Crippen LogP contribution is 2.31. The van der Waals surface area contributed by atoms with Crippen molar-refractivity contribution in [2.24, 2.45) is 0 Å². The van der Waals surface area contributed by atoms with Crippen molar-refractivity contribution >= 4 is 22.6 Å². The number of hydrogen-bond donors (Lipinski definition) is 2. The summed E-state index contributed by atoms with van der Waals surface area (Å²) in [4.78, 5) is 18.2. The Morgan fingerprint density at radius 3 is 2.62 bits per heavy atom. The van der Waals surface area contributed by atoms with Crippen LogP contribution in [0.2, 0.25) is 0 Å². The van der Waals surface area contributed by atoms with Gasteiger partial charge in [0.25, 0.3) is 5.91 Å². The van der Waals surface area contributed by atoms with Crippen molar-refractivity contribution < 1.29 is 4.79 Å². The van der Waals surface area contributed by atoms with Gasteiger partial charge in [0, 0.05) is 18.8 Å². The van der Waals surface area contributed by atoms with Gasteiger partial charge < -0.3 is 10.6 Å². The molecule has 0 bridgehead atoms. The number of nitrogens with one attached hydrogen (secondary N) is 2. The van der Waals surface area contributed by atoms with Gasteiger partial charge in [-0.25, -0.2) is 9.67 Å². The lowest BCUT2D eigenvalue weighted by atomic mass is 9.94. The van der Waals surface area contributed by atoms with E-state index < -0.39 is 0 Å². The Morgan fingerprint density at radius 1 is 1.16 bits per heavy atom. The van der Waals surface area contributed by atoms with Gasteiger partial charge in [-0.05, 0) is 51.2 Å². The number of anilines is 1. The molecular weight excluding hydrogens is 398 g/mol. The quantitative estimate of drug-likeness (QED) is 0.502. The van der Waals surface area contributed by atoms with Gasteiger partial charge in [0.05, 0.1) is 28.9 Å². The van der Waals surface area contributed by atoms with E-state index in [0.717, 1.165) is 42.5 Å². The molecule has 3 aromatic rings. The minimum atomic E-state index is -0.0891. The van der Waals surface area contributed by atoms with E-state index in [2.05, 4.69) is 66.6 Å². The first kappa shape index (κ1) is 22.3. The third-order valence-corrected chi connectivity index (χ3v) is 6.68. The van der Waals surface area contributed by atoms with Gasteiger partial charge in [-0.1, -0.05) is 49.9 Å². The molecule has 0 aliphatic heterocycles. The van der Waals surface area contributed by atoms with Gasteiger partial charge in [0.1, 0.15) is 0 Å². The number of hydrogen-bond acceptors (Lipinski definition) is 4. The van der Waals surface area contributed by atoms with Crippen molar-refractivity contribution in [1.29, 1.82) is 0 Å². The molecule has 0 saturated heterocycles. The van der Waals surface area contributed by atoms with Crippen molar-refractivity contribution in [3.8, 4) is 0 Å². The molecule has 1 aromatic carbocycles. The lowest BCUT2D eigenvalue weighted by molar-refractivity contribution is 0.0936. The molecule has 170 valence electrons. The minimum Gasteiger partial charge on any atom is -0.381 e. The Morgan fingerprint density at radius 2 is 1.94 bits per heavy atom. The number of carbonyl (C=O) groups excluding carboxylic acids is 1. The molecule has 1 atom stereocenters. The zero-order valence-electron chi connectivity index (χ0n) is 19.7. The van der Waals surface area contributed by atoms with Crippen molar-refractivity contribution in [1.82, 2.24) is 20.1 Å². The first-order chi connectivity index (χ1) is 15.5. The van der Waals surface area contributed by atoms with E-state index in [1.54, 1.807) is 6.20 Å². The Labute approximate surface area is 190 Å². The van der Waals surface area contributed by atoms with Crippen LogP contribution < -0.4 is 10.6 Å². The van der Waals surface area contributed by atoms with E-state index >= 15 is 0 Å². The van der Waals surface area contributed by atoms with Gasteiger partial charge in [0.15, 0.2) is 5.65 Å². The van der Waals surface area contributed by atoms with Crippen LogP contribution in [0.5, 0.6) is 0 Å². The lowest BCUT2D eigenvalue weighted by Crippen LogP contribution is -2.31. The molecule has 32 heavy (non-hydrogen) atoms. The molecule has 1 aliphatic carbocycles. The largest absolute Gasteiger partial charge is 0.381 e. The van der Waals surface area contributed by atoms with Crippen LogP contribution in [-0.4, -0.2) is 26.7 Å². The molecule has 1 fully saturated rings. The van der Waals surface area contributed by atoms with Gasteiger partial charge in [0.2, 0.25) is 0 Å². The van der Waals surface area contributed by atoms with Crippen LogP contribution in [0.1, 0.15) is 85.5 Å². The van der Waals surface area contributed by atoms with Gasteiger partial charge in [-0.3, -0.25) is 4.79 Å². The van der Waals surface area contributed by atoms with Crippen molar-refractivity contribution in [2.45, 2.75) is 84.8 Å². The van der Waals surface area contributed by atoms with E-state index in [1.165, 1.54) is 36.0 Å². The van der Waals surface area contributed by atoms with Crippen LogP contribution in [0, 0.1) is 13.8 Å². The molecule has 2 aromatic heterocycles. The molecule has 2 heterocycles. The molecule has 4 rings (SSSR count). The predicted octanol–water partition coefficient (Wildman–Crippen LogP) is 5.69. The maximum Gasteiger partial charge on any atom is 0.255 e. The predicted molar refractivity (Wildman–Crippen MR) is 130 cm³/mol. The molecule has 1 unspecified atom stereocenters. The smallest absolute Gasteiger partial charge is 0.255 e. The monoisotopic (exact) mass is 433 g/mol. The van der Waals surface area contributed by atoms with Crippen LogP contribution in [0.4, 0.5) is 5.69 Å². The van der Waals surface area contributed by atoms with Crippen LogP contribution in [0.25, 0.3) is 11.0 Å². The summed E-state index contributed by atoms with van der Waals surface area (Å²) in [7, 11) is 0. The first-order valence-electron chi connectivity index (χ1n) is 12.0. The highest BCUT2D eigenvalue weighted by atomic mass is 16.1. The standard InChI is InChI=1S/C26H35N5O/c1-5-23(20-13-12-17(3)14-18(20)4)30-26(32)22-15-27-25-21(16-28-31(25)6-2)24(22)29-19-10-8-7-9-11-19/h12-16,19,23H,5-11H2,1-4H3,(H,27,29)(H,30,32). The van der Waals surface area contributed by atoms with E-state index in [9.17, 15) is 4.79 Å². The second-order valence-corrected chi connectivity index (χ2v) is 9.02. The summed E-state index contributed by atoms with van der Waals surface area (Å²) in [6, 6.07) is 6.76. The number of nitrogens with zero attached hydrogens (tertiary/aromatic N) is 3. The fourth-order valence-corrected chi connectivity index (χ4v) is 4.89. The number of carbonyl (C=O) groups is 1. The SMILES string of the molecule is CCC(NC(=O)c1cnc2c(cnn2CC)c1NC1CCCCC1)c1ccc(C)cc1C. The Kier molecular flexibility index (Phi) is 6.77. The van der Waals surface area contributed by atoms with E-state index in [0.29, 0.717) is 11.6 Å². The highest BCUT2D eigenvalue weighted by molar-refractivity contribution is 6.06. The molecule has 1 amide bonds. The summed E-state index contributed by atoms with van der Waals surface area (Å²) in [5.74, 6) is -0.0891. The topological polar surface area (TPSA) is 71.8 Å². The molecule has 6 heteroatoms. The Bertz CT molecular complexity index is 1100. The summed E-state index contributed by atoms with van der Waals surface area (Å²) in [6.07, 6.45) is 10.4. The fourth-order valence-electron chi connectivity index (χ4n) is 4.89. The third kappa shape index (κ3) is 4.50.